The number of ether oxygens (including phenoxy) is 1. The summed E-state index contributed by atoms with van der Waals surface area (Å²) in [7, 11) is 0. The minimum atomic E-state index is -0.0448. The van der Waals surface area contributed by atoms with Crippen molar-refractivity contribution >= 4 is 17.3 Å². The Bertz CT molecular complexity index is 445. The van der Waals surface area contributed by atoms with Gasteiger partial charge in [-0.1, -0.05) is 0 Å². The molecule has 0 bridgehead atoms. The minimum Gasteiger partial charge on any atom is -0.380 e. The largest absolute Gasteiger partial charge is 0.380 e. The molecule has 0 aliphatic carbocycles. The van der Waals surface area contributed by atoms with Crippen LogP contribution in [0.3, 0.4) is 0 Å². The molecular weight excluding hydrogens is 228 g/mol. The molecule has 2 atom stereocenters. The van der Waals surface area contributed by atoms with Gasteiger partial charge in [-0.2, -0.15) is 0 Å². The number of amides is 1. The van der Waals surface area contributed by atoms with Gasteiger partial charge in [0.2, 0.25) is 5.91 Å². The summed E-state index contributed by atoms with van der Waals surface area (Å²) in [5, 5.41) is 6.29. The second-order valence-electron chi connectivity index (χ2n) is 4.83. The van der Waals surface area contributed by atoms with Crippen LogP contribution < -0.4 is 10.6 Å². The molecule has 1 heterocycles. The van der Waals surface area contributed by atoms with Crippen molar-refractivity contribution in [3.05, 3.63) is 23.8 Å². The Morgan fingerprint density at radius 3 is 2.78 bits per heavy atom. The van der Waals surface area contributed by atoms with Crippen molar-refractivity contribution < 1.29 is 9.53 Å². The fraction of sp³-hybridized carbons (Fsp3) is 0.500. The molecule has 4 nitrogen and oxygen atoms in total. The third kappa shape index (κ3) is 3.01. The molecule has 1 aliphatic rings. The number of aryl methyl sites for hydroxylation is 1. The Labute approximate surface area is 108 Å². The highest BCUT2D eigenvalue weighted by atomic mass is 16.5. The van der Waals surface area contributed by atoms with Gasteiger partial charge in [0.05, 0.1) is 12.1 Å². The summed E-state index contributed by atoms with van der Waals surface area (Å²) in [6.45, 7) is 6.42. The highest BCUT2D eigenvalue weighted by Crippen LogP contribution is 2.23. The molecule has 1 amide bonds. The van der Waals surface area contributed by atoms with Gasteiger partial charge < -0.3 is 15.4 Å². The summed E-state index contributed by atoms with van der Waals surface area (Å²) >= 11 is 0. The Kier molecular flexibility index (Phi) is 3.87. The SMILES string of the molecule is CC(=O)Nc1ccc(NC2CCOC2C)cc1C. The van der Waals surface area contributed by atoms with Crippen LogP contribution in [-0.2, 0) is 9.53 Å². The lowest BCUT2D eigenvalue weighted by atomic mass is 10.1. The van der Waals surface area contributed by atoms with Crippen LogP contribution in [0.1, 0.15) is 25.8 Å². The molecule has 18 heavy (non-hydrogen) atoms. The smallest absolute Gasteiger partial charge is 0.221 e. The molecule has 1 saturated heterocycles. The number of benzene rings is 1. The Morgan fingerprint density at radius 1 is 1.44 bits per heavy atom. The first kappa shape index (κ1) is 12.9. The summed E-state index contributed by atoms with van der Waals surface area (Å²) in [6.07, 6.45) is 1.29. The van der Waals surface area contributed by atoms with Gasteiger partial charge in [-0.15, -0.1) is 0 Å². The van der Waals surface area contributed by atoms with Crippen molar-refractivity contribution in [3.63, 3.8) is 0 Å². The van der Waals surface area contributed by atoms with Gasteiger partial charge in [0.15, 0.2) is 0 Å². The third-order valence-electron chi connectivity index (χ3n) is 3.27. The van der Waals surface area contributed by atoms with Crippen molar-refractivity contribution in [1.82, 2.24) is 0 Å². The van der Waals surface area contributed by atoms with Crippen molar-refractivity contribution in [1.29, 1.82) is 0 Å². The maximum atomic E-state index is 11.0. The fourth-order valence-electron chi connectivity index (χ4n) is 2.22. The number of nitrogens with one attached hydrogen (secondary N) is 2. The van der Waals surface area contributed by atoms with E-state index < -0.39 is 0 Å². The van der Waals surface area contributed by atoms with Crippen molar-refractivity contribution in [2.75, 3.05) is 17.2 Å². The highest BCUT2D eigenvalue weighted by molar-refractivity contribution is 5.89. The molecule has 0 spiro atoms. The number of carbonyl (C=O) groups is 1. The maximum Gasteiger partial charge on any atom is 0.221 e. The molecule has 1 aromatic rings. The summed E-state index contributed by atoms with van der Waals surface area (Å²) in [6, 6.07) is 6.34. The number of rotatable bonds is 3. The molecule has 4 heteroatoms. The molecule has 0 saturated carbocycles. The molecule has 2 rings (SSSR count). The normalized spacial score (nSPS) is 22.8. The third-order valence-corrected chi connectivity index (χ3v) is 3.27. The van der Waals surface area contributed by atoms with Crippen molar-refractivity contribution in [2.24, 2.45) is 0 Å². The topological polar surface area (TPSA) is 50.4 Å². The summed E-state index contributed by atoms with van der Waals surface area (Å²) in [5.74, 6) is -0.0448. The lowest BCUT2D eigenvalue weighted by Gasteiger charge is -2.18. The Morgan fingerprint density at radius 2 is 2.22 bits per heavy atom. The first-order valence-electron chi connectivity index (χ1n) is 6.32. The van der Waals surface area contributed by atoms with Gasteiger partial charge in [0.1, 0.15) is 0 Å². The van der Waals surface area contributed by atoms with Gasteiger partial charge in [-0.3, -0.25) is 4.79 Å². The van der Waals surface area contributed by atoms with Crippen molar-refractivity contribution in [2.45, 2.75) is 39.3 Å². The molecule has 2 unspecified atom stereocenters. The molecule has 0 aromatic heterocycles. The second kappa shape index (κ2) is 5.40. The Hall–Kier alpha value is -1.55. The van der Waals surface area contributed by atoms with E-state index in [1.807, 2.05) is 19.1 Å². The number of hydrogen-bond donors (Lipinski definition) is 2. The van der Waals surface area contributed by atoms with E-state index >= 15 is 0 Å². The molecule has 1 aliphatic heterocycles. The zero-order valence-corrected chi connectivity index (χ0v) is 11.1. The highest BCUT2D eigenvalue weighted by Gasteiger charge is 2.23. The standard InChI is InChI=1S/C14H20N2O2/c1-9-8-12(4-5-13(9)15-11(3)17)16-14-6-7-18-10(14)2/h4-5,8,10,14,16H,6-7H2,1-3H3,(H,15,17). The number of hydrogen-bond acceptors (Lipinski definition) is 3. The average Bonchev–Trinajstić information content (AvgIpc) is 2.68. The predicted molar refractivity (Wildman–Crippen MR) is 72.9 cm³/mol. The molecule has 2 N–H and O–H groups in total. The maximum absolute atomic E-state index is 11.0. The van der Waals surface area contributed by atoms with Gasteiger partial charge in [-0.05, 0) is 44.0 Å². The predicted octanol–water partition coefficient (Wildman–Crippen LogP) is 2.54. The zero-order chi connectivity index (χ0) is 13.1. The minimum absolute atomic E-state index is 0.0448. The van der Waals surface area contributed by atoms with Crippen molar-refractivity contribution in [3.8, 4) is 0 Å². The van der Waals surface area contributed by atoms with Crippen LogP contribution in [0.5, 0.6) is 0 Å². The summed E-state index contributed by atoms with van der Waals surface area (Å²) < 4.78 is 5.52. The van der Waals surface area contributed by atoms with Crippen LogP contribution in [-0.4, -0.2) is 24.7 Å². The second-order valence-corrected chi connectivity index (χ2v) is 4.83. The van der Waals surface area contributed by atoms with Crippen LogP contribution in [0.25, 0.3) is 0 Å². The monoisotopic (exact) mass is 248 g/mol. The molecular formula is C14H20N2O2. The number of anilines is 2. The summed E-state index contributed by atoms with van der Waals surface area (Å²) in [4.78, 5) is 11.0. The summed E-state index contributed by atoms with van der Waals surface area (Å²) in [5.41, 5.74) is 2.99. The van der Waals surface area contributed by atoms with E-state index in [1.54, 1.807) is 0 Å². The van der Waals surface area contributed by atoms with E-state index in [2.05, 4.69) is 23.6 Å². The van der Waals surface area contributed by atoms with Gasteiger partial charge in [0.25, 0.3) is 0 Å². The van der Waals surface area contributed by atoms with Gasteiger partial charge in [0, 0.05) is 24.9 Å². The fourth-order valence-corrected chi connectivity index (χ4v) is 2.22. The van der Waals surface area contributed by atoms with Crippen LogP contribution in [0.2, 0.25) is 0 Å². The first-order chi connectivity index (χ1) is 8.56. The van der Waals surface area contributed by atoms with Gasteiger partial charge >= 0.3 is 0 Å². The average molecular weight is 248 g/mol. The van der Waals surface area contributed by atoms with E-state index in [4.69, 9.17) is 4.74 Å². The quantitative estimate of drug-likeness (QED) is 0.864. The van der Waals surface area contributed by atoms with Crippen LogP contribution in [0.15, 0.2) is 18.2 Å². The lowest BCUT2D eigenvalue weighted by Crippen LogP contribution is -2.26. The first-order valence-corrected chi connectivity index (χ1v) is 6.32. The molecule has 98 valence electrons. The Balaban J connectivity index is 2.06. The van der Waals surface area contributed by atoms with E-state index in [0.717, 1.165) is 30.0 Å². The molecule has 1 aromatic carbocycles. The lowest BCUT2D eigenvalue weighted by molar-refractivity contribution is -0.114. The molecule has 0 radical (unpaired) electrons. The van der Waals surface area contributed by atoms with E-state index in [1.165, 1.54) is 6.92 Å². The van der Waals surface area contributed by atoms with E-state index in [9.17, 15) is 4.79 Å². The van der Waals surface area contributed by atoms with E-state index in [0.29, 0.717) is 6.04 Å². The molecule has 1 fully saturated rings. The number of carbonyl (C=O) groups excluding carboxylic acids is 1. The van der Waals surface area contributed by atoms with Crippen LogP contribution in [0.4, 0.5) is 11.4 Å². The van der Waals surface area contributed by atoms with Crippen LogP contribution >= 0.6 is 0 Å². The van der Waals surface area contributed by atoms with E-state index in [-0.39, 0.29) is 12.0 Å². The zero-order valence-electron chi connectivity index (χ0n) is 11.1. The van der Waals surface area contributed by atoms with Gasteiger partial charge in [-0.25, -0.2) is 0 Å². The van der Waals surface area contributed by atoms with Crippen LogP contribution in [0, 0.1) is 6.92 Å².